The van der Waals surface area contributed by atoms with Gasteiger partial charge in [-0.2, -0.15) is 0 Å². The number of rotatable bonds is 9. The molecular weight excluding hydrogens is 366 g/mol. The van der Waals surface area contributed by atoms with Gasteiger partial charge in [0, 0.05) is 0 Å². The highest BCUT2D eigenvalue weighted by atomic mass is 16.5. The fourth-order valence-corrected chi connectivity index (χ4v) is 3.00. The molecule has 28 heavy (non-hydrogen) atoms. The van der Waals surface area contributed by atoms with Gasteiger partial charge in [0.2, 0.25) is 5.91 Å². The third kappa shape index (κ3) is 5.29. The zero-order chi connectivity index (χ0) is 20.7. The lowest BCUT2D eigenvalue weighted by molar-refractivity contribution is -0.148. The lowest BCUT2D eigenvalue weighted by Crippen LogP contribution is -2.54. The van der Waals surface area contributed by atoms with Gasteiger partial charge in [0.1, 0.15) is 6.04 Å². The van der Waals surface area contributed by atoms with Crippen molar-refractivity contribution in [3.63, 3.8) is 0 Å². The average molecular weight is 391 g/mol. The molecule has 2 unspecified atom stereocenters. The number of hydrogen-bond donors (Lipinski definition) is 3. The maximum atomic E-state index is 12.6. The van der Waals surface area contributed by atoms with E-state index in [1.807, 2.05) is 30.3 Å². The van der Waals surface area contributed by atoms with Crippen molar-refractivity contribution in [1.82, 2.24) is 15.5 Å². The Morgan fingerprint density at radius 1 is 1.32 bits per heavy atom. The fraction of sp³-hybridized carbons (Fsp3) is 0.474. The summed E-state index contributed by atoms with van der Waals surface area (Å²) < 4.78 is 5.08. The molecule has 9 nitrogen and oxygen atoms in total. The molecule has 1 aliphatic heterocycles. The summed E-state index contributed by atoms with van der Waals surface area (Å²) in [5, 5.41) is 14.4. The standard InChI is InChI=1S/C19H25N3O6/c1-3-28-18(26)14(10-9-13-7-5-4-6-8-13)21-12(2)16(23)22-15(17(24)25)11-20-19(22)27/h4-8,12,14-15,21H,3,9-11H2,1-2H3,(H,20,27)(H,24,25)/t12?,14?,15-/m0/s1. The highest BCUT2D eigenvalue weighted by molar-refractivity contribution is 6.02. The van der Waals surface area contributed by atoms with E-state index in [2.05, 4.69) is 10.6 Å². The Kier molecular flexibility index (Phi) is 7.51. The van der Waals surface area contributed by atoms with Gasteiger partial charge in [-0.1, -0.05) is 30.3 Å². The maximum absolute atomic E-state index is 12.6. The Hall–Kier alpha value is -2.94. The van der Waals surface area contributed by atoms with Gasteiger partial charge in [-0.15, -0.1) is 0 Å². The smallest absolute Gasteiger partial charge is 0.328 e. The number of urea groups is 1. The van der Waals surface area contributed by atoms with Crippen LogP contribution in [-0.2, 0) is 25.5 Å². The van der Waals surface area contributed by atoms with Gasteiger partial charge in [0.05, 0.1) is 19.2 Å². The maximum Gasteiger partial charge on any atom is 0.328 e. The van der Waals surface area contributed by atoms with E-state index in [0.717, 1.165) is 5.56 Å². The number of imide groups is 1. The predicted molar refractivity (Wildman–Crippen MR) is 99.5 cm³/mol. The van der Waals surface area contributed by atoms with Crippen molar-refractivity contribution in [1.29, 1.82) is 0 Å². The number of carbonyl (C=O) groups excluding carboxylic acids is 3. The van der Waals surface area contributed by atoms with E-state index in [1.165, 1.54) is 6.92 Å². The van der Waals surface area contributed by atoms with E-state index >= 15 is 0 Å². The van der Waals surface area contributed by atoms with Crippen molar-refractivity contribution < 1.29 is 29.0 Å². The van der Waals surface area contributed by atoms with Crippen LogP contribution in [0.4, 0.5) is 4.79 Å². The van der Waals surface area contributed by atoms with Crippen molar-refractivity contribution in [3.8, 4) is 0 Å². The minimum atomic E-state index is -1.27. The van der Waals surface area contributed by atoms with E-state index in [9.17, 15) is 24.3 Å². The average Bonchev–Trinajstić information content (AvgIpc) is 3.07. The number of nitrogens with one attached hydrogen (secondary N) is 2. The molecule has 1 fully saturated rings. The van der Waals surface area contributed by atoms with Crippen LogP contribution in [0.2, 0.25) is 0 Å². The van der Waals surface area contributed by atoms with Gasteiger partial charge in [-0.3, -0.25) is 14.9 Å². The number of amides is 3. The molecule has 1 aliphatic rings. The summed E-state index contributed by atoms with van der Waals surface area (Å²) in [6.45, 7) is 3.22. The summed E-state index contributed by atoms with van der Waals surface area (Å²) in [6, 6.07) is 5.80. The van der Waals surface area contributed by atoms with Crippen molar-refractivity contribution in [2.75, 3.05) is 13.2 Å². The molecule has 2 rings (SSSR count). The minimum absolute atomic E-state index is 0.151. The van der Waals surface area contributed by atoms with Crippen LogP contribution in [0.3, 0.4) is 0 Å². The third-order valence-electron chi connectivity index (χ3n) is 4.46. The largest absolute Gasteiger partial charge is 0.480 e. The third-order valence-corrected chi connectivity index (χ3v) is 4.46. The summed E-state index contributed by atoms with van der Waals surface area (Å²) >= 11 is 0. The van der Waals surface area contributed by atoms with E-state index < -0.39 is 42.0 Å². The molecule has 0 spiro atoms. The Morgan fingerprint density at radius 2 is 2.00 bits per heavy atom. The van der Waals surface area contributed by atoms with E-state index in [0.29, 0.717) is 17.7 Å². The van der Waals surface area contributed by atoms with Crippen LogP contribution in [0.5, 0.6) is 0 Å². The number of benzene rings is 1. The normalized spacial score (nSPS) is 18.3. The summed E-state index contributed by atoms with van der Waals surface area (Å²) in [5.41, 5.74) is 1.03. The molecule has 152 valence electrons. The minimum Gasteiger partial charge on any atom is -0.480 e. The number of carboxylic acid groups (broad SMARTS) is 1. The van der Waals surface area contributed by atoms with Crippen LogP contribution in [0.15, 0.2) is 30.3 Å². The van der Waals surface area contributed by atoms with Crippen LogP contribution < -0.4 is 10.6 Å². The van der Waals surface area contributed by atoms with E-state index in [-0.39, 0.29) is 13.2 Å². The zero-order valence-electron chi connectivity index (χ0n) is 15.9. The van der Waals surface area contributed by atoms with E-state index in [1.54, 1.807) is 6.92 Å². The molecule has 0 radical (unpaired) electrons. The Balaban J connectivity index is 2.06. The number of aliphatic carboxylic acids is 1. The molecule has 0 aromatic heterocycles. The van der Waals surface area contributed by atoms with Crippen molar-refractivity contribution in [2.24, 2.45) is 0 Å². The van der Waals surface area contributed by atoms with Gasteiger partial charge in [0.25, 0.3) is 0 Å². The van der Waals surface area contributed by atoms with Crippen molar-refractivity contribution in [2.45, 2.75) is 44.8 Å². The Labute approximate surface area is 163 Å². The Bertz CT molecular complexity index is 724. The van der Waals surface area contributed by atoms with Crippen LogP contribution in [0.1, 0.15) is 25.8 Å². The molecule has 3 atom stereocenters. The zero-order valence-corrected chi connectivity index (χ0v) is 15.9. The number of hydrogen-bond acceptors (Lipinski definition) is 6. The molecule has 1 aromatic carbocycles. The van der Waals surface area contributed by atoms with Crippen LogP contribution >= 0.6 is 0 Å². The second-order valence-electron chi connectivity index (χ2n) is 6.47. The van der Waals surface area contributed by atoms with E-state index in [4.69, 9.17) is 4.74 Å². The number of carboxylic acids is 1. The molecular formula is C19H25N3O6. The topological polar surface area (TPSA) is 125 Å². The van der Waals surface area contributed by atoms with Crippen LogP contribution in [-0.4, -0.2) is 65.2 Å². The molecule has 1 aromatic rings. The van der Waals surface area contributed by atoms with Gasteiger partial charge < -0.3 is 15.2 Å². The first-order valence-corrected chi connectivity index (χ1v) is 9.15. The summed E-state index contributed by atoms with van der Waals surface area (Å²) in [6.07, 6.45) is 0.967. The molecule has 0 bridgehead atoms. The fourth-order valence-electron chi connectivity index (χ4n) is 3.00. The van der Waals surface area contributed by atoms with Gasteiger partial charge >= 0.3 is 18.0 Å². The van der Waals surface area contributed by atoms with Crippen molar-refractivity contribution >= 4 is 23.9 Å². The molecule has 1 heterocycles. The first kappa shape index (κ1) is 21.4. The number of aryl methyl sites for hydroxylation is 1. The Morgan fingerprint density at radius 3 is 2.61 bits per heavy atom. The second kappa shape index (κ2) is 9.84. The van der Waals surface area contributed by atoms with Gasteiger partial charge in [0.15, 0.2) is 6.04 Å². The molecule has 0 saturated carbocycles. The first-order valence-electron chi connectivity index (χ1n) is 9.15. The monoisotopic (exact) mass is 391 g/mol. The summed E-state index contributed by atoms with van der Waals surface area (Å²) in [7, 11) is 0. The number of nitrogens with zero attached hydrogens (tertiary/aromatic N) is 1. The molecule has 9 heteroatoms. The van der Waals surface area contributed by atoms with Crippen LogP contribution in [0, 0.1) is 0 Å². The summed E-state index contributed by atoms with van der Waals surface area (Å²) in [4.78, 5) is 48.8. The quantitative estimate of drug-likeness (QED) is 0.525. The van der Waals surface area contributed by atoms with Crippen molar-refractivity contribution in [3.05, 3.63) is 35.9 Å². The highest BCUT2D eigenvalue weighted by Gasteiger charge is 2.42. The number of carbonyl (C=O) groups is 4. The lowest BCUT2D eigenvalue weighted by Gasteiger charge is -2.25. The lowest BCUT2D eigenvalue weighted by atomic mass is 10.0. The van der Waals surface area contributed by atoms with Gasteiger partial charge in [-0.05, 0) is 32.3 Å². The SMILES string of the molecule is CCOC(=O)C(CCc1ccccc1)NC(C)C(=O)N1C(=O)NC[C@H]1C(=O)O. The molecule has 3 amide bonds. The predicted octanol–water partition coefficient (Wildman–Crippen LogP) is 0.534. The van der Waals surface area contributed by atoms with Gasteiger partial charge in [-0.25, -0.2) is 14.5 Å². The summed E-state index contributed by atoms with van der Waals surface area (Å²) in [5.74, 6) is -2.49. The molecule has 3 N–H and O–H groups in total. The van der Waals surface area contributed by atoms with Crippen LogP contribution in [0.25, 0.3) is 0 Å². The highest BCUT2D eigenvalue weighted by Crippen LogP contribution is 2.12. The number of esters is 1. The second-order valence-corrected chi connectivity index (χ2v) is 6.47. The number of ether oxygens (including phenoxy) is 1. The molecule has 1 saturated heterocycles. The first-order chi connectivity index (χ1) is 13.3. The molecule has 0 aliphatic carbocycles.